The summed E-state index contributed by atoms with van der Waals surface area (Å²) < 4.78 is 14.9. The molecule has 0 aromatic carbocycles. The molecule has 0 amide bonds. The molecule has 0 atom stereocenters. The Labute approximate surface area is 145 Å². The van der Waals surface area contributed by atoms with Gasteiger partial charge < -0.3 is 19.1 Å². The molecule has 2 rings (SSSR count). The van der Waals surface area contributed by atoms with Crippen molar-refractivity contribution in [3.63, 3.8) is 0 Å². The van der Waals surface area contributed by atoms with Crippen LogP contribution >= 0.6 is 11.3 Å². The second-order valence-electron chi connectivity index (χ2n) is 5.28. The number of carbonyl (C=O) groups excluding carboxylic acids is 2. The molecule has 130 valence electrons. The van der Waals surface area contributed by atoms with Crippen LogP contribution in [0.25, 0.3) is 0 Å². The fourth-order valence-electron chi connectivity index (χ4n) is 2.58. The summed E-state index contributed by atoms with van der Waals surface area (Å²) in [5, 5.41) is 1.94. The van der Waals surface area contributed by atoms with Crippen molar-refractivity contribution in [3.8, 4) is 0 Å². The number of hydrogen-bond acceptors (Lipinski definition) is 7. The molecule has 0 fully saturated rings. The zero-order valence-electron chi connectivity index (χ0n) is 14.2. The molecule has 7 heteroatoms. The molecule has 0 unspecified atom stereocenters. The van der Waals surface area contributed by atoms with Crippen LogP contribution in [0.4, 0.5) is 0 Å². The molecule has 1 aromatic rings. The largest absolute Gasteiger partial charge is 0.466 e. The number of aryl methyl sites for hydroxylation is 1. The molecule has 6 nitrogen and oxygen atoms in total. The van der Waals surface area contributed by atoms with Crippen molar-refractivity contribution in [2.24, 2.45) is 0 Å². The summed E-state index contributed by atoms with van der Waals surface area (Å²) in [5.74, 6) is -1.43. The number of thiophene rings is 1. The average molecular weight is 351 g/mol. The van der Waals surface area contributed by atoms with Gasteiger partial charge in [0.15, 0.2) is 0 Å². The number of methoxy groups -OCH3 is 3. The van der Waals surface area contributed by atoms with E-state index in [-0.39, 0.29) is 0 Å². The molecule has 1 aliphatic heterocycles. The van der Waals surface area contributed by atoms with Crippen LogP contribution < -0.4 is 0 Å². The van der Waals surface area contributed by atoms with Gasteiger partial charge in [0.25, 0.3) is 0 Å². The Morgan fingerprint density at radius 3 is 2.12 bits per heavy atom. The lowest BCUT2D eigenvalue weighted by Crippen LogP contribution is -2.30. The predicted octanol–water partition coefficient (Wildman–Crippen LogP) is 2.22. The summed E-state index contributed by atoms with van der Waals surface area (Å²) in [6.45, 7) is 2.92. The molecule has 0 N–H and O–H groups in total. The topological polar surface area (TPSA) is 65.1 Å². The number of hydrogen-bond donors (Lipinski definition) is 0. The number of esters is 2. The Kier molecular flexibility index (Phi) is 6.16. The highest BCUT2D eigenvalue weighted by Crippen LogP contribution is 2.40. The predicted molar refractivity (Wildman–Crippen MR) is 90.6 cm³/mol. The average Bonchev–Trinajstić information content (AvgIpc) is 3.03. The first-order valence-corrected chi connectivity index (χ1v) is 8.30. The normalized spacial score (nSPS) is 14.9. The highest BCUT2D eigenvalue weighted by atomic mass is 32.1. The minimum Gasteiger partial charge on any atom is -0.466 e. The molecule has 0 bridgehead atoms. The zero-order valence-corrected chi connectivity index (χ0v) is 15.0. The SMILES string of the molecule is COCCN1C=C(C(=O)OC)C(c2sccc2C)C(C(=O)OC)=C1. The van der Waals surface area contributed by atoms with E-state index in [4.69, 9.17) is 14.2 Å². The molecular formula is C17H21NO5S. The lowest BCUT2D eigenvalue weighted by Gasteiger charge is -2.29. The van der Waals surface area contributed by atoms with E-state index in [1.165, 1.54) is 25.6 Å². The molecular weight excluding hydrogens is 330 g/mol. The molecule has 0 radical (unpaired) electrons. The van der Waals surface area contributed by atoms with Gasteiger partial charge in [0, 0.05) is 30.9 Å². The van der Waals surface area contributed by atoms with E-state index in [9.17, 15) is 9.59 Å². The van der Waals surface area contributed by atoms with Crippen LogP contribution in [-0.4, -0.2) is 51.3 Å². The van der Waals surface area contributed by atoms with Crippen LogP contribution in [0, 0.1) is 6.92 Å². The van der Waals surface area contributed by atoms with Gasteiger partial charge in [-0.3, -0.25) is 0 Å². The molecule has 0 spiro atoms. The van der Waals surface area contributed by atoms with Gasteiger partial charge in [-0.25, -0.2) is 9.59 Å². The third-order valence-electron chi connectivity index (χ3n) is 3.79. The molecule has 1 aliphatic rings. The van der Waals surface area contributed by atoms with Gasteiger partial charge in [-0.05, 0) is 23.9 Å². The first-order chi connectivity index (χ1) is 11.5. The van der Waals surface area contributed by atoms with E-state index in [0.29, 0.717) is 24.3 Å². The minimum atomic E-state index is -0.497. The molecule has 2 heterocycles. The van der Waals surface area contributed by atoms with Crippen LogP contribution in [0.15, 0.2) is 35.0 Å². The highest BCUT2D eigenvalue weighted by Gasteiger charge is 2.36. The Morgan fingerprint density at radius 2 is 1.71 bits per heavy atom. The van der Waals surface area contributed by atoms with Crippen molar-refractivity contribution in [1.82, 2.24) is 4.90 Å². The maximum Gasteiger partial charge on any atom is 0.336 e. The number of rotatable bonds is 6. The Morgan fingerprint density at radius 1 is 1.12 bits per heavy atom. The first kappa shape index (κ1) is 18.2. The summed E-state index contributed by atoms with van der Waals surface area (Å²) in [5.41, 5.74) is 1.82. The van der Waals surface area contributed by atoms with E-state index in [2.05, 4.69) is 0 Å². The van der Waals surface area contributed by atoms with Crippen molar-refractivity contribution < 1.29 is 23.8 Å². The lowest BCUT2D eigenvalue weighted by atomic mass is 9.86. The van der Waals surface area contributed by atoms with E-state index < -0.39 is 17.9 Å². The number of carbonyl (C=O) groups is 2. The van der Waals surface area contributed by atoms with Crippen LogP contribution in [0.2, 0.25) is 0 Å². The lowest BCUT2D eigenvalue weighted by molar-refractivity contribution is -0.137. The highest BCUT2D eigenvalue weighted by molar-refractivity contribution is 7.10. The van der Waals surface area contributed by atoms with Crippen LogP contribution in [0.3, 0.4) is 0 Å². The maximum atomic E-state index is 12.3. The maximum absolute atomic E-state index is 12.3. The van der Waals surface area contributed by atoms with E-state index in [1.807, 2.05) is 18.4 Å². The van der Waals surface area contributed by atoms with Gasteiger partial charge >= 0.3 is 11.9 Å². The van der Waals surface area contributed by atoms with E-state index in [0.717, 1.165) is 10.4 Å². The third-order valence-corrected chi connectivity index (χ3v) is 4.88. The summed E-state index contributed by atoms with van der Waals surface area (Å²) >= 11 is 1.50. The molecule has 24 heavy (non-hydrogen) atoms. The zero-order chi connectivity index (χ0) is 17.7. The van der Waals surface area contributed by atoms with Gasteiger partial charge in [-0.15, -0.1) is 11.3 Å². The van der Waals surface area contributed by atoms with Crippen LogP contribution in [0.5, 0.6) is 0 Å². The third kappa shape index (κ3) is 3.68. The van der Waals surface area contributed by atoms with E-state index in [1.54, 1.807) is 24.4 Å². The van der Waals surface area contributed by atoms with Crippen molar-refractivity contribution in [2.45, 2.75) is 12.8 Å². The molecule has 0 aliphatic carbocycles. The fourth-order valence-corrected chi connectivity index (χ4v) is 3.64. The molecule has 0 saturated carbocycles. The smallest absolute Gasteiger partial charge is 0.336 e. The van der Waals surface area contributed by atoms with Gasteiger partial charge in [-0.1, -0.05) is 0 Å². The molecule has 0 saturated heterocycles. The fraction of sp³-hybridized carbons (Fsp3) is 0.412. The summed E-state index contributed by atoms with van der Waals surface area (Å²) in [7, 11) is 4.26. The molecule has 1 aromatic heterocycles. The number of ether oxygens (including phenoxy) is 3. The first-order valence-electron chi connectivity index (χ1n) is 7.42. The van der Waals surface area contributed by atoms with Crippen molar-refractivity contribution in [2.75, 3.05) is 34.5 Å². The van der Waals surface area contributed by atoms with Gasteiger partial charge in [0.1, 0.15) is 0 Å². The van der Waals surface area contributed by atoms with Crippen molar-refractivity contribution >= 4 is 23.3 Å². The van der Waals surface area contributed by atoms with Crippen LogP contribution in [0.1, 0.15) is 16.4 Å². The Balaban J connectivity index is 2.53. The standard InChI is InChI=1S/C17H21NO5S/c1-11-5-8-24-15(11)14-12(16(19)22-3)9-18(6-7-21-2)10-13(14)17(20)23-4/h5,8-10,14H,6-7H2,1-4H3. The second kappa shape index (κ2) is 8.12. The monoisotopic (exact) mass is 351 g/mol. The summed E-state index contributed by atoms with van der Waals surface area (Å²) in [6, 6.07) is 1.96. The second-order valence-corrected chi connectivity index (χ2v) is 6.23. The van der Waals surface area contributed by atoms with Gasteiger partial charge in [0.05, 0.1) is 37.9 Å². The van der Waals surface area contributed by atoms with Gasteiger partial charge in [-0.2, -0.15) is 0 Å². The van der Waals surface area contributed by atoms with Crippen molar-refractivity contribution in [1.29, 1.82) is 0 Å². The van der Waals surface area contributed by atoms with Crippen molar-refractivity contribution in [3.05, 3.63) is 45.4 Å². The van der Waals surface area contributed by atoms with E-state index >= 15 is 0 Å². The number of nitrogens with zero attached hydrogens (tertiary/aromatic N) is 1. The van der Waals surface area contributed by atoms with Gasteiger partial charge in [0.2, 0.25) is 0 Å². The quantitative estimate of drug-likeness (QED) is 0.732. The Bertz CT molecular complexity index is 642. The minimum absolute atomic E-state index is 0.405. The summed E-state index contributed by atoms with van der Waals surface area (Å²) in [6.07, 6.45) is 3.42. The van der Waals surface area contributed by atoms with Crippen LogP contribution in [-0.2, 0) is 23.8 Å². The Hall–Kier alpha value is -2.12. The summed E-state index contributed by atoms with van der Waals surface area (Å²) in [4.78, 5) is 27.4.